The van der Waals surface area contributed by atoms with Gasteiger partial charge in [0.1, 0.15) is 0 Å². The van der Waals surface area contributed by atoms with Crippen molar-refractivity contribution in [2.45, 2.75) is 32.4 Å². The van der Waals surface area contributed by atoms with Gasteiger partial charge in [0, 0.05) is 31.9 Å². The van der Waals surface area contributed by atoms with E-state index in [1.54, 1.807) is 4.68 Å². The summed E-state index contributed by atoms with van der Waals surface area (Å²) in [7, 11) is 5.96. The van der Waals surface area contributed by atoms with Gasteiger partial charge in [-0.1, -0.05) is 23.8 Å². The molecule has 0 saturated carbocycles. The van der Waals surface area contributed by atoms with Crippen LogP contribution >= 0.6 is 0 Å². The second-order valence-electron chi connectivity index (χ2n) is 7.76. The minimum atomic E-state index is -0.118. The molecule has 6 nitrogen and oxygen atoms in total. The Kier molecular flexibility index (Phi) is 5.97. The number of hydrogen-bond acceptors (Lipinski definition) is 4. The number of carbonyl (C=O) groups excluding carboxylic acids is 1. The number of carbonyl (C=O) groups is 1. The van der Waals surface area contributed by atoms with Gasteiger partial charge >= 0.3 is 0 Å². The van der Waals surface area contributed by atoms with E-state index >= 15 is 0 Å². The number of aryl methyl sites for hydroxylation is 3. The molecule has 0 bridgehead atoms. The first-order chi connectivity index (χ1) is 12.8. The van der Waals surface area contributed by atoms with E-state index in [0.717, 1.165) is 23.2 Å². The van der Waals surface area contributed by atoms with Crippen molar-refractivity contribution in [1.29, 1.82) is 0 Å². The molecule has 0 N–H and O–H groups in total. The molecule has 2 aromatic rings. The number of morpholine rings is 1. The van der Waals surface area contributed by atoms with Crippen LogP contribution in [-0.4, -0.2) is 65.4 Å². The molecule has 3 rings (SSSR count). The average Bonchev–Trinajstić information content (AvgIpc) is 3.03. The summed E-state index contributed by atoms with van der Waals surface area (Å²) in [4.78, 5) is 17.4. The van der Waals surface area contributed by atoms with E-state index in [-0.39, 0.29) is 18.1 Å². The van der Waals surface area contributed by atoms with Crippen molar-refractivity contribution >= 4 is 5.91 Å². The summed E-state index contributed by atoms with van der Waals surface area (Å²) in [6.07, 6.45) is 4.18. The van der Waals surface area contributed by atoms with Crippen molar-refractivity contribution in [3.63, 3.8) is 0 Å². The molecule has 1 aromatic heterocycles. The maximum Gasteiger partial charge on any atom is 0.227 e. The number of likely N-dealkylation sites (N-methyl/N-ethyl adjacent to an activating group) is 1. The Hall–Kier alpha value is -2.18. The highest BCUT2D eigenvalue weighted by Crippen LogP contribution is 2.30. The summed E-state index contributed by atoms with van der Waals surface area (Å²) in [6.45, 7) is 6.05. The van der Waals surface area contributed by atoms with Gasteiger partial charge < -0.3 is 14.5 Å². The second kappa shape index (κ2) is 8.23. The Balaban J connectivity index is 1.88. The molecule has 0 radical (unpaired) electrons. The highest BCUT2D eigenvalue weighted by Gasteiger charge is 2.37. The van der Waals surface area contributed by atoms with E-state index < -0.39 is 0 Å². The van der Waals surface area contributed by atoms with Gasteiger partial charge in [0.15, 0.2) is 0 Å². The fraction of sp³-hybridized carbons (Fsp3) is 0.524. The van der Waals surface area contributed by atoms with Crippen molar-refractivity contribution in [3.05, 3.63) is 52.8 Å². The van der Waals surface area contributed by atoms with Crippen LogP contribution in [0.4, 0.5) is 0 Å². The third-order valence-corrected chi connectivity index (χ3v) is 5.13. The van der Waals surface area contributed by atoms with Crippen LogP contribution in [0.5, 0.6) is 0 Å². The molecular weight excluding hydrogens is 340 g/mol. The first-order valence-electron chi connectivity index (χ1n) is 9.45. The smallest absolute Gasteiger partial charge is 0.227 e. The lowest BCUT2D eigenvalue weighted by atomic mass is 9.98. The van der Waals surface area contributed by atoms with Crippen LogP contribution in [-0.2, 0) is 23.0 Å². The van der Waals surface area contributed by atoms with Crippen LogP contribution in [0.3, 0.4) is 0 Å². The third-order valence-electron chi connectivity index (χ3n) is 5.13. The van der Waals surface area contributed by atoms with E-state index in [4.69, 9.17) is 4.74 Å². The maximum atomic E-state index is 13.3. The van der Waals surface area contributed by atoms with Crippen LogP contribution in [0.25, 0.3) is 0 Å². The fourth-order valence-corrected chi connectivity index (χ4v) is 3.77. The number of hydrogen-bond donors (Lipinski definition) is 0. The monoisotopic (exact) mass is 370 g/mol. The van der Waals surface area contributed by atoms with Crippen LogP contribution in [0.2, 0.25) is 0 Å². The van der Waals surface area contributed by atoms with Gasteiger partial charge in [0.25, 0.3) is 0 Å². The number of aromatic nitrogens is 2. The van der Waals surface area contributed by atoms with Crippen molar-refractivity contribution < 1.29 is 9.53 Å². The summed E-state index contributed by atoms with van der Waals surface area (Å²) in [6, 6.07) is 6.17. The molecule has 1 fully saturated rings. The normalized spacial score (nSPS) is 20.3. The average molecular weight is 370 g/mol. The van der Waals surface area contributed by atoms with Gasteiger partial charge in [-0.05, 0) is 39.1 Å². The summed E-state index contributed by atoms with van der Waals surface area (Å²) in [5, 5.41) is 4.32. The molecule has 2 atom stereocenters. The van der Waals surface area contributed by atoms with Crippen LogP contribution in [0.15, 0.2) is 30.6 Å². The van der Waals surface area contributed by atoms with Gasteiger partial charge in [0.2, 0.25) is 5.91 Å². The minimum Gasteiger partial charge on any atom is -0.373 e. The Morgan fingerprint density at radius 2 is 2.11 bits per heavy atom. The molecule has 1 aromatic carbocycles. The summed E-state index contributed by atoms with van der Waals surface area (Å²) >= 11 is 0. The standard InChI is InChI=1S/C21H30N4O2/c1-15-6-7-16(2)17(10-15)11-20(26)25-8-9-27-19(14-23(3)4)21(25)18-12-22-24(5)13-18/h6-7,10,12-13,19,21H,8-9,11,14H2,1-5H3/t19-,21-/m0/s1. The van der Waals surface area contributed by atoms with E-state index in [2.05, 4.69) is 42.0 Å². The Bertz CT molecular complexity index is 799. The van der Waals surface area contributed by atoms with E-state index in [0.29, 0.717) is 19.6 Å². The fourth-order valence-electron chi connectivity index (χ4n) is 3.77. The van der Waals surface area contributed by atoms with Gasteiger partial charge in [-0.2, -0.15) is 5.10 Å². The Morgan fingerprint density at radius 3 is 2.78 bits per heavy atom. The number of ether oxygens (including phenoxy) is 1. The summed E-state index contributed by atoms with van der Waals surface area (Å²) in [5.74, 6) is 0.143. The Labute approximate surface area is 161 Å². The molecule has 1 aliphatic rings. The van der Waals surface area contributed by atoms with Crippen LogP contribution in [0.1, 0.15) is 28.3 Å². The van der Waals surface area contributed by atoms with Gasteiger partial charge in [-0.25, -0.2) is 0 Å². The van der Waals surface area contributed by atoms with E-state index in [1.165, 1.54) is 5.56 Å². The third kappa shape index (κ3) is 4.57. The largest absolute Gasteiger partial charge is 0.373 e. The lowest BCUT2D eigenvalue weighted by molar-refractivity contribution is -0.147. The minimum absolute atomic E-state index is 0.0690. The van der Waals surface area contributed by atoms with Crippen molar-refractivity contribution in [1.82, 2.24) is 19.6 Å². The zero-order valence-electron chi connectivity index (χ0n) is 17.0. The summed E-state index contributed by atoms with van der Waals surface area (Å²) in [5.41, 5.74) is 4.46. The molecule has 6 heteroatoms. The molecule has 1 amide bonds. The van der Waals surface area contributed by atoms with Gasteiger partial charge in [-0.15, -0.1) is 0 Å². The highest BCUT2D eigenvalue weighted by molar-refractivity contribution is 5.80. The second-order valence-corrected chi connectivity index (χ2v) is 7.76. The SMILES string of the molecule is Cc1ccc(C)c(CC(=O)N2CCO[C@@H](CN(C)C)[C@@H]2c2cnn(C)c2)c1. The molecule has 146 valence electrons. The molecule has 0 aliphatic carbocycles. The van der Waals surface area contributed by atoms with E-state index in [1.807, 2.05) is 38.4 Å². The van der Waals surface area contributed by atoms with E-state index in [9.17, 15) is 4.79 Å². The molecule has 27 heavy (non-hydrogen) atoms. The van der Waals surface area contributed by atoms with Crippen molar-refractivity contribution in [2.75, 3.05) is 33.8 Å². The molecule has 1 aliphatic heterocycles. The highest BCUT2D eigenvalue weighted by atomic mass is 16.5. The first-order valence-corrected chi connectivity index (χ1v) is 9.45. The number of rotatable bonds is 5. The molecular formula is C21H30N4O2. The molecule has 0 unspecified atom stereocenters. The molecule has 1 saturated heterocycles. The predicted octanol–water partition coefficient (Wildman–Crippen LogP) is 2.11. The predicted molar refractivity (Wildman–Crippen MR) is 106 cm³/mol. The lowest BCUT2D eigenvalue weighted by Gasteiger charge is -2.42. The van der Waals surface area contributed by atoms with Crippen molar-refractivity contribution in [3.8, 4) is 0 Å². The number of nitrogens with zero attached hydrogens (tertiary/aromatic N) is 4. The van der Waals surface area contributed by atoms with Crippen LogP contribution in [0, 0.1) is 13.8 Å². The zero-order valence-corrected chi connectivity index (χ0v) is 17.0. The quantitative estimate of drug-likeness (QED) is 0.809. The van der Waals surface area contributed by atoms with Gasteiger partial charge in [-0.3, -0.25) is 9.48 Å². The first kappa shape index (κ1) is 19.6. The molecule has 2 heterocycles. The Morgan fingerprint density at radius 1 is 1.33 bits per heavy atom. The lowest BCUT2D eigenvalue weighted by Crippen LogP contribution is -2.51. The van der Waals surface area contributed by atoms with Crippen LogP contribution < -0.4 is 0 Å². The number of benzene rings is 1. The van der Waals surface area contributed by atoms with Gasteiger partial charge in [0.05, 0.1) is 31.4 Å². The topological polar surface area (TPSA) is 50.6 Å². The van der Waals surface area contributed by atoms with Crippen molar-refractivity contribution in [2.24, 2.45) is 7.05 Å². The zero-order chi connectivity index (χ0) is 19.6. The maximum absolute atomic E-state index is 13.3. The number of amides is 1. The summed E-state index contributed by atoms with van der Waals surface area (Å²) < 4.78 is 7.85. The molecule has 0 spiro atoms.